The summed E-state index contributed by atoms with van der Waals surface area (Å²) in [6.45, 7) is 2.58. The van der Waals surface area contributed by atoms with E-state index in [1.165, 1.54) is 17.5 Å². The number of phenols is 1. The smallest absolute Gasteiger partial charge is 0.341 e. The van der Waals surface area contributed by atoms with E-state index >= 15 is 0 Å². The van der Waals surface area contributed by atoms with Crippen LogP contribution in [-0.4, -0.2) is 32.4 Å². The topological polar surface area (TPSA) is 77.2 Å². The maximum Gasteiger partial charge on any atom is 0.341 e. The van der Waals surface area contributed by atoms with Crippen molar-refractivity contribution in [2.75, 3.05) is 6.61 Å². The Kier molecular flexibility index (Phi) is 4.38. The molecule has 0 fully saturated rings. The number of esters is 1. The molecule has 6 nitrogen and oxygen atoms in total. The Bertz CT molecular complexity index is 825. The number of carbonyl (C=O) groups excluding carboxylic acids is 1. The van der Waals surface area contributed by atoms with E-state index in [2.05, 4.69) is 10.1 Å². The van der Waals surface area contributed by atoms with Gasteiger partial charge in [-0.15, -0.1) is 11.3 Å². The summed E-state index contributed by atoms with van der Waals surface area (Å²) in [5.74, 6) is -0.165. The summed E-state index contributed by atoms with van der Waals surface area (Å²) in [7, 11) is 0. The van der Waals surface area contributed by atoms with Crippen molar-refractivity contribution in [3.8, 4) is 17.0 Å². The minimum absolute atomic E-state index is 0.211. The number of benzene rings is 1. The first-order valence-corrected chi connectivity index (χ1v) is 7.97. The summed E-state index contributed by atoms with van der Waals surface area (Å²) in [6, 6.07) is 6.97. The second-order valence-electron chi connectivity index (χ2n) is 4.82. The molecule has 1 N–H and O–H groups in total. The van der Waals surface area contributed by atoms with Crippen LogP contribution in [0.3, 0.4) is 0 Å². The molecule has 2 heterocycles. The lowest BCUT2D eigenvalue weighted by atomic mass is 10.2. The van der Waals surface area contributed by atoms with Crippen LogP contribution in [0.4, 0.5) is 0 Å². The van der Waals surface area contributed by atoms with Crippen LogP contribution in [0, 0.1) is 0 Å². The van der Waals surface area contributed by atoms with Gasteiger partial charge in [0, 0.05) is 17.1 Å². The molecule has 3 aromatic rings. The normalized spacial score (nSPS) is 10.7. The van der Waals surface area contributed by atoms with Crippen molar-refractivity contribution < 1.29 is 14.6 Å². The zero-order valence-corrected chi connectivity index (χ0v) is 13.3. The van der Waals surface area contributed by atoms with E-state index in [0.29, 0.717) is 18.7 Å². The average molecular weight is 329 g/mol. The molecule has 0 aliphatic carbocycles. The van der Waals surface area contributed by atoms with Gasteiger partial charge in [-0.2, -0.15) is 5.10 Å². The van der Waals surface area contributed by atoms with Gasteiger partial charge in [0.05, 0.1) is 30.6 Å². The molecule has 0 atom stereocenters. The fourth-order valence-electron chi connectivity index (χ4n) is 2.09. The van der Waals surface area contributed by atoms with Crippen molar-refractivity contribution in [3.05, 3.63) is 52.6 Å². The first-order chi connectivity index (χ1) is 11.2. The number of hydrogen-bond acceptors (Lipinski definition) is 6. The largest absolute Gasteiger partial charge is 0.508 e. The van der Waals surface area contributed by atoms with Crippen LogP contribution in [0.15, 0.2) is 42.0 Å². The van der Waals surface area contributed by atoms with Gasteiger partial charge in [0.2, 0.25) is 0 Å². The predicted molar refractivity (Wildman–Crippen MR) is 86.5 cm³/mol. The number of nitrogens with zero attached hydrogens (tertiary/aromatic N) is 3. The van der Waals surface area contributed by atoms with Gasteiger partial charge in [-0.25, -0.2) is 9.78 Å². The number of carbonyl (C=O) groups is 1. The van der Waals surface area contributed by atoms with E-state index in [0.717, 1.165) is 16.3 Å². The zero-order valence-electron chi connectivity index (χ0n) is 12.5. The molecule has 0 unspecified atom stereocenters. The number of aromatic hydroxyl groups is 1. The number of hydrogen-bond donors (Lipinski definition) is 1. The van der Waals surface area contributed by atoms with E-state index in [4.69, 9.17) is 4.74 Å². The van der Waals surface area contributed by atoms with Crippen molar-refractivity contribution in [2.24, 2.45) is 0 Å². The second-order valence-corrected chi connectivity index (χ2v) is 5.77. The Hall–Kier alpha value is -2.67. The first-order valence-electron chi connectivity index (χ1n) is 7.09. The molecule has 0 aliphatic rings. The molecule has 0 spiro atoms. The molecule has 0 radical (unpaired) electrons. The van der Waals surface area contributed by atoms with Crippen LogP contribution in [0.1, 0.15) is 22.3 Å². The highest BCUT2D eigenvalue weighted by Crippen LogP contribution is 2.25. The minimum Gasteiger partial charge on any atom is -0.508 e. The molecule has 2 aromatic heterocycles. The molecule has 3 rings (SSSR count). The van der Waals surface area contributed by atoms with Crippen LogP contribution < -0.4 is 0 Å². The van der Waals surface area contributed by atoms with Gasteiger partial charge in [0.25, 0.3) is 0 Å². The Labute approximate surface area is 137 Å². The highest BCUT2D eigenvalue weighted by Gasteiger charge is 2.11. The van der Waals surface area contributed by atoms with E-state index in [9.17, 15) is 9.90 Å². The van der Waals surface area contributed by atoms with Gasteiger partial charge in [-0.1, -0.05) is 12.1 Å². The molecule has 1 aromatic carbocycles. The third-order valence-electron chi connectivity index (χ3n) is 3.14. The van der Waals surface area contributed by atoms with Crippen molar-refractivity contribution >= 4 is 17.3 Å². The van der Waals surface area contributed by atoms with Gasteiger partial charge < -0.3 is 9.84 Å². The van der Waals surface area contributed by atoms with E-state index in [-0.39, 0.29) is 11.7 Å². The number of ether oxygens (including phenoxy) is 1. The summed E-state index contributed by atoms with van der Waals surface area (Å²) >= 11 is 1.50. The Morgan fingerprint density at radius 1 is 1.43 bits per heavy atom. The van der Waals surface area contributed by atoms with Gasteiger partial charge >= 0.3 is 5.97 Å². The van der Waals surface area contributed by atoms with Crippen molar-refractivity contribution in [2.45, 2.75) is 13.5 Å². The van der Waals surface area contributed by atoms with Crippen LogP contribution in [0.5, 0.6) is 5.75 Å². The molecular weight excluding hydrogens is 314 g/mol. The van der Waals surface area contributed by atoms with E-state index < -0.39 is 0 Å². The number of thiazole rings is 1. The molecule has 0 saturated carbocycles. The van der Waals surface area contributed by atoms with Crippen LogP contribution >= 0.6 is 11.3 Å². The van der Waals surface area contributed by atoms with Gasteiger partial charge in [0.1, 0.15) is 10.8 Å². The van der Waals surface area contributed by atoms with E-state index in [1.807, 2.05) is 11.4 Å². The molecular formula is C16H15N3O3S. The first kappa shape index (κ1) is 15.2. The summed E-state index contributed by atoms with van der Waals surface area (Å²) in [5, 5.41) is 16.5. The third-order valence-corrected chi connectivity index (χ3v) is 3.97. The summed E-state index contributed by atoms with van der Waals surface area (Å²) < 4.78 is 6.59. The van der Waals surface area contributed by atoms with Gasteiger partial charge in [-0.3, -0.25) is 4.68 Å². The molecule has 0 bridgehead atoms. The molecule has 0 saturated heterocycles. The molecule has 7 heteroatoms. The molecule has 0 amide bonds. The van der Waals surface area contributed by atoms with Gasteiger partial charge in [-0.05, 0) is 19.1 Å². The number of rotatable bonds is 5. The summed E-state index contributed by atoms with van der Waals surface area (Å²) in [6.07, 6.45) is 3.13. The van der Waals surface area contributed by atoms with Crippen LogP contribution in [0.25, 0.3) is 11.3 Å². The maximum absolute atomic E-state index is 11.6. The van der Waals surface area contributed by atoms with Crippen molar-refractivity contribution in [3.63, 3.8) is 0 Å². The fourth-order valence-corrected chi connectivity index (χ4v) is 2.88. The highest BCUT2D eigenvalue weighted by atomic mass is 32.1. The predicted octanol–water partition coefficient (Wildman–Crippen LogP) is 2.94. The third kappa shape index (κ3) is 3.57. The maximum atomic E-state index is 11.6. The minimum atomic E-state index is -0.377. The fraction of sp³-hybridized carbons (Fsp3) is 0.188. The zero-order chi connectivity index (χ0) is 16.2. The van der Waals surface area contributed by atoms with Crippen LogP contribution in [-0.2, 0) is 11.3 Å². The lowest BCUT2D eigenvalue weighted by molar-refractivity contribution is 0.0526. The molecule has 118 valence electrons. The highest BCUT2D eigenvalue weighted by molar-refractivity contribution is 7.09. The monoisotopic (exact) mass is 329 g/mol. The van der Waals surface area contributed by atoms with Crippen LogP contribution in [0.2, 0.25) is 0 Å². The Balaban J connectivity index is 1.73. The number of phenolic OH excluding ortho intramolecular Hbond substituents is 1. The van der Waals surface area contributed by atoms with Gasteiger partial charge in [0.15, 0.2) is 0 Å². The van der Waals surface area contributed by atoms with Crippen molar-refractivity contribution in [1.29, 1.82) is 0 Å². The van der Waals surface area contributed by atoms with E-state index in [1.54, 1.807) is 36.0 Å². The lowest BCUT2D eigenvalue weighted by Gasteiger charge is -1.99. The summed E-state index contributed by atoms with van der Waals surface area (Å²) in [5.41, 5.74) is 2.09. The Morgan fingerprint density at radius 3 is 3.09 bits per heavy atom. The standard InChI is InChI=1S/C16H15N3O3S/c1-2-22-16(21)12-7-17-19(8-12)9-15-18-14(10-23-15)11-4-3-5-13(20)6-11/h3-8,10,20H,2,9H2,1H3. The molecule has 0 aliphatic heterocycles. The number of aromatic nitrogens is 3. The molecule has 23 heavy (non-hydrogen) atoms. The second kappa shape index (κ2) is 6.62. The lowest BCUT2D eigenvalue weighted by Crippen LogP contribution is -2.04. The van der Waals surface area contributed by atoms with Crippen molar-refractivity contribution in [1.82, 2.24) is 14.8 Å². The Morgan fingerprint density at radius 2 is 2.30 bits per heavy atom. The SMILES string of the molecule is CCOC(=O)c1cnn(Cc2nc(-c3cccc(O)c3)cs2)c1. The average Bonchev–Trinajstić information content (AvgIpc) is 3.17. The summed E-state index contributed by atoms with van der Waals surface area (Å²) in [4.78, 5) is 16.2. The quantitative estimate of drug-likeness (QED) is 0.728.